The normalized spacial score (nSPS) is 11.6. The largest absolute Gasteiger partial charge is 0.381 e. The van der Waals surface area contributed by atoms with Gasteiger partial charge in [-0.1, -0.05) is 24.3 Å². The number of rotatable bonds is 12. The minimum absolute atomic E-state index is 0.0236. The van der Waals surface area contributed by atoms with Crippen molar-refractivity contribution in [1.82, 2.24) is 10.2 Å². The lowest BCUT2D eigenvalue weighted by atomic mass is 10.0. The first-order chi connectivity index (χ1) is 15.0. The Morgan fingerprint density at radius 2 is 1.77 bits per heavy atom. The van der Waals surface area contributed by atoms with Gasteiger partial charge in [-0.3, -0.25) is 19.3 Å². The SMILES string of the molecule is CNC(=O)C(CCC=O)N(C)Cc1c(C=O)cccc1NCc1cccc(C=O)c1F. The van der Waals surface area contributed by atoms with E-state index in [0.717, 1.165) is 12.6 Å². The van der Waals surface area contributed by atoms with Crippen LogP contribution in [0.2, 0.25) is 0 Å². The van der Waals surface area contributed by atoms with Crippen LogP contribution in [0.1, 0.15) is 44.7 Å². The van der Waals surface area contributed by atoms with Crippen LogP contribution in [0.4, 0.5) is 10.1 Å². The average Bonchev–Trinajstić information content (AvgIpc) is 2.79. The summed E-state index contributed by atoms with van der Waals surface area (Å²) in [7, 11) is 3.27. The molecular weight excluding hydrogens is 401 g/mol. The van der Waals surface area contributed by atoms with Crippen molar-refractivity contribution in [2.45, 2.75) is 32.0 Å². The summed E-state index contributed by atoms with van der Waals surface area (Å²) >= 11 is 0. The Hall–Kier alpha value is -3.39. The second-order valence-electron chi connectivity index (χ2n) is 7.07. The maximum absolute atomic E-state index is 14.4. The lowest BCUT2D eigenvalue weighted by Gasteiger charge is -2.28. The van der Waals surface area contributed by atoms with E-state index in [0.29, 0.717) is 35.1 Å². The molecule has 0 heterocycles. The van der Waals surface area contributed by atoms with Crippen LogP contribution in [0.3, 0.4) is 0 Å². The summed E-state index contributed by atoms with van der Waals surface area (Å²) in [4.78, 5) is 47.4. The number of nitrogens with zero attached hydrogens (tertiary/aromatic N) is 1. The molecule has 0 spiro atoms. The number of nitrogens with one attached hydrogen (secondary N) is 2. The Balaban J connectivity index is 2.29. The molecule has 0 aliphatic carbocycles. The molecular formula is C23H26FN3O4. The Kier molecular flexibility index (Phi) is 9.02. The zero-order valence-electron chi connectivity index (χ0n) is 17.6. The third kappa shape index (κ3) is 6.05. The van der Waals surface area contributed by atoms with Gasteiger partial charge in [-0.15, -0.1) is 0 Å². The van der Waals surface area contributed by atoms with Crippen LogP contribution in [-0.4, -0.2) is 49.8 Å². The molecule has 1 atom stereocenters. The summed E-state index contributed by atoms with van der Waals surface area (Å²) in [6.07, 6.45) is 2.52. The van der Waals surface area contributed by atoms with Crippen LogP contribution in [0.15, 0.2) is 36.4 Å². The minimum atomic E-state index is -0.594. The van der Waals surface area contributed by atoms with E-state index in [2.05, 4.69) is 10.6 Å². The number of aldehydes is 3. The van der Waals surface area contributed by atoms with Crippen molar-refractivity contribution in [2.24, 2.45) is 0 Å². The number of anilines is 1. The standard InChI is InChI=1S/C23H26FN3O4/c1-25-23(31)21(10-5-11-28)27(2)13-19-17(14-29)7-4-9-20(19)26-12-16-6-3-8-18(15-30)22(16)24/h3-4,6-9,11,14-15,21,26H,5,10,12-13H2,1-2H3,(H,25,31). The summed E-state index contributed by atoms with van der Waals surface area (Å²) in [5.74, 6) is -0.820. The molecule has 164 valence electrons. The van der Waals surface area contributed by atoms with E-state index in [9.17, 15) is 23.6 Å². The van der Waals surface area contributed by atoms with E-state index in [1.165, 1.54) is 13.1 Å². The van der Waals surface area contributed by atoms with E-state index < -0.39 is 11.9 Å². The highest BCUT2D eigenvalue weighted by Crippen LogP contribution is 2.24. The van der Waals surface area contributed by atoms with Crippen LogP contribution in [0.5, 0.6) is 0 Å². The molecule has 2 N–H and O–H groups in total. The maximum Gasteiger partial charge on any atom is 0.237 e. The summed E-state index contributed by atoms with van der Waals surface area (Å²) in [6, 6.07) is 9.15. The molecule has 0 bridgehead atoms. The third-order valence-electron chi connectivity index (χ3n) is 5.09. The van der Waals surface area contributed by atoms with Crippen LogP contribution in [0, 0.1) is 5.82 Å². The van der Waals surface area contributed by atoms with Gasteiger partial charge in [0.2, 0.25) is 5.91 Å². The second kappa shape index (κ2) is 11.7. The molecule has 0 aliphatic rings. The van der Waals surface area contributed by atoms with Crippen molar-refractivity contribution in [2.75, 3.05) is 19.4 Å². The van der Waals surface area contributed by atoms with E-state index in [1.807, 2.05) is 0 Å². The fraction of sp³-hybridized carbons (Fsp3) is 0.304. The number of benzene rings is 2. The maximum atomic E-state index is 14.4. The molecule has 31 heavy (non-hydrogen) atoms. The van der Waals surface area contributed by atoms with Crippen molar-refractivity contribution in [3.8, 4) is 0 Å². The molecule has 0 saturated heterocycles. The van der Waals surface area contributed by atoms with Crippen LogP contribution >= 0.6 is 0 Å². The highest BCUT2D eigenvalue weighted by atomic mass is 19.1. The summed E-state index contributed by atoms with van der Waals surface area (Å²) in [6.45, 7) is 0.363. The second-order valence-corrected chi connectivity index (χ2v) is 7.07. The monoisotopic (exact) mass is 427 g/mol. The fourth-order valence-electron chi connectivity index (χ4n) is 3.38. The van der Waals surface area contributed by atoms with E-state index in [1.54, 1.807) is 42.3 Å². The molecule has 0 aromatic heterocycles. The summed E-state index contributed by atoms with van der Waals surface area (Å²) in [5.41, 5.74) is 1.98. The zero-order chi connectivity index (χ0) is 22.8. The van der Waals surface area contributed by atoms with Gasteiger partial charge in [0.05, 0.1) is 11.6 Å². The Morgan fingerprint density at radius 1 is 1.10 bits per heavy atom. The first-order valence-corrected chi connectivity index (χ1v) is 9.85. The third-order valence-corrected chi connectivity index (χ3v) is 5.09. The van der Waals surface area contributed by atoms with Crippen LogP contribution < -0.4 is 10.6 Å². The number of hydrogen-bond donors (Lipinski definition) is 2. The van der Waals surface area contributed by atoms with Crippen molar-refractivity contribution in [3.63, 3.8) is 0 Å². The first-order valence-electron chi connectivity index (χ1n) is 9.85. The molecule has 0 aliphatic heterocycles. The van der Waals surface area contributed by atoms with Crippen LogP contribution in [-0.2, 0) is 22.7 Å². The van der Waals surface area contributed by atoms with Gasteiger partial charge >= 0.3 is 0 Å². The molecule has 7 nitrogen and oxygen atoms in total. The predicted molar refractivity (Wildman–Crippen MR) is 116 cm³/mol. The summed E-state index contributed by atoms with van der Waals surface area (Å²) < 4.78 is 14.4. The molecule has 1 amide bonds. The molecule has 0 fully saturated rings. The highest BCUT2D eigenvalue weighted by Gasteiger charge is 2.23. The van der Waals surface area contributed by atoms with Gasteiger partial charge in [-0.05, 0) is 31.2 Å². The van der Waals surface area contributed by atoms with Crippen molar-refractivity contribution in [3.05, 3.63) is 64.5 Å². The lowest BCUT2D eigenvalue weighted by Crippen LogP contribution is -2.43. The van der Waals surface area contributed by atoms with Gasteiger partial charge in [0.15, 0.2) is 6.29 Å². The van der Waals surface area contributed by atoms with Crippen molar-refractivity contribution >= 4 is 30.5 Å². The molecule has 0 saturated carbocycles. The van der Waals surface area contributed by atoms with E-state index in [4.69, 9.17) is 0 Å². The number of amides is 1. The minimum Gasteiger partial charge on any atom is -0.381 e. The van der Waals surface area contributed by atoms with Crippen molar-refractivity contribution < 1.29 is 23.6 Å². The number of carbonyl (C=O) groups is 4. The van der Waals surface area contributed by atoms with Gasteiger partial charge in [0.25, 0.3) is 0 Å². The molecule has 8 heteroatoms. The zero-order valence-corrected chi connectivity index (χ0v) is 17.6. The molecule has 2 aromatic rings. The van der Waals surface area contributed by atoms with Crippen molar-refractivity contribution in [1.29, 1.82) is 0 Å². The topological polar surface area (TPSA) is 95.6 Å². The Bertz CT molecular complexity index is 948. The van der Waals surface area contributed by atoms with Gasteiger partial charge in [-0.25, -0.2) is 4.39 Å². The smallest absolute Gasteiger partial charge is 0.237 e. The number of carbonyl (C=O) groups excluding carboxylic acids is 4. The highest BCUT2D eigenvalue weighted by molar-refractivity contribution is 5.83. The predicted octanol–water partition coefficient (Wildman–Crippen LogP) is 2.59. The average molecular weight is 427 g/mol. The van der Waals surface area contributed by atoms with Gasteiger partial charge < -0.3 is 15.4 Å². The van der Waals surface area contributed by atoms with Crippen LogP contribution in [0.25, 0.3) is 0 Å². The first kappa shape index (κ1) is 23.9. The number of hydrogen-bond acceptors (Lipinski definition) is 6. The van der Waals surface area contributed by atoms with E-state index in [-0.39, 0.29) is 31.0 Å². The molecule has 2 aromatic carbocycles. The van der Waals surface area contributed by atoms with Gasteiger partial charge in [0.1, 0.15) is 18.4 Å². The molecule has 1 unspecified atom stereocenters. The quantitative estimate of drug-likeness (QED) is 0.506. The van der Waals surface area contributed by atoms with Gasteiger partial charge in [0, 0.05) is 43.4 Å². The molecule has 2 rings (SSSR count). The fourth-order valence-corrected chi connectivity index (χ4v) is 3.38. The molecule has 0 radical (unpaired) electrons. The van der Waals surface area contributed by atoms with E-state index >= 15 is 0 Å². The summed E-state index contributed by atoms with van der Waals surface area (Å²) in [5, 5.41) is 5.72. The number of likely N-dealkylation sites (N-methyl/N-ethyl adjacent to an activating group) is 2. The number of halogens is 1. The lowest BCUT2D eigenvalue weighted by molar-refractivity contribution is -0.126. The Labute approximate surface area is 180 Å². The van der Waals surface area contributed by atoms with Gasteiger partial charge in [-0.2, -0.15) is 0 Å². The Morgan fingerprint density at radius 3 is 2.42 bits per heavy atom.